The Hall–Kier alpha value is 0.516. The Morgan fingerprint density at radius 2 is 1.75 bits per heavy atom. The maximum atomic E-state index is 10.0. The second-order valence-corrected chi connectivity index (χ2v) is 1.03. The van der Waals surface area contributed by atoms with Crippen LogP contribution in [0.25, 0.3) is 0 Å². The van der Waals surface area contributed by atoms with Crippen molar-refractivity contribution in [3.63, 3.8) is 0 Å². The molecule has 8 heavy (non-hydrogen) atoms. The maximum Gasteiger partial charge on any atom is 1.00 e. The van der Waals surface area contributed by atoms with Crippen molar-refractivity contribution >= 4 is 0 Å². The van der Waals surface area contributed by atoms with E-state index in [1.54, 1.807) is 6.07 Å². The summed E-state index contributed by atoms with van der Waals surface area (Å²) in [6, 6.07) is 1.17. The first-order valence-electron chi connectivity index (χ1n) is 1.83. The van der Waals surface area contributed by atoms with Crippen molar-refractivity contribution in [2.45, 2.75) is 0 Å². The van der Waals surface area contributed by atoms with Gasteiger partial charge >= 0.3 is 51.4 Å². The molecule has 0 atom stereocenters. The molecule has 1 heterocycles. The summed E-state index contributed by atoms with van der Waals surface area (Å²) in [6.45, 7) is 0. The van der Waals surface area contributed by atoms with Gasteiger partial charge in [0.15, 0.2) is 0 Å². The van der Waals surface area contributed by atoms with E-state index in [9.17, 15) is 5.11 Å². The van der Waals surface area contributed by atoms with Crippen LogP contribution in [0.4, 0.5) is 0 Å². The van der Waals surface area contributed by atoms with Crippen LogP contribution in [-0.2, 0) is 0 Å². The zero-order chi connectivity index (χ0) is 5.11. The van der Waals surface area contributed by atoms with Crippen LogP contribution in [0.3, 0.4) is 0 Å². The Bertz CT molecular complexity index is 144. The third-order valence-corrected chi connectivity index (χ3v) is 0.542. The van der Waals surface area contributed by atoms with Gasteiger partial charge in [-0.15, -0.1) is 0 Å². The third kappa shape index (κ3) is 2.73. The van der Waals surface area contributed by atoms with Crippen LogP contribution < -0.4 is 56.5 Å². The standard InChI is InChI=1S/C4H4N2O.K/c7-4-5-2-1-3-6-4;/h1-3H,(H,5,6,7);/q;+1/p-1. The molecule has 0 unspecified atom stereocenters. The Morgan fingerprint density at radius 1 is 1.25 bits per heavy atom. The number of aromatic nitrogens is 2. The van der Waals surface area contributed by atoms with Crippen LogP contribution in [0.1, 0.15) is 0 Å². The smallest absolute Gasteiger partial charge is 0.844 e. The first kappa shape index (κ1) is 8.52. The zero-order valence-electron chi connectivity index (χ0n) is 4.53. The zero-order valence-corrected chi connectivity index (χ0v) is 7.66. The normalized spacial score (nSPS) is 7.50. The van der Waals surface area contributed by atoms with Gasteiger partial charge in [-0.3, -0.25) is 9.97 Å². The van der Waals surface area contributed by atoms with E-state index in [-0.39, 0.29) is 51.4 Å². The van der Waals surface area contributed by atoms with E-state index < -0.39 is 6.01 Å². The molecule has 0 fully saturated rings. The summed E-state index contributed by atoms with van der Waals surface area (Å²) in [5.41, 5.74) is 0. The van der Waals surface area contributed by atoms with Gasteiger partial charge in [0.05, 0.1) is 6.01 Å². The van der Waals surface area contributed by atoms with Gasteiger partial charge in [-0.1, -0.05) is 0 Å². The molecular formula is C4H3KN2O. The van der Waals surface area contributed by atoms with Gasteiger partial charge in [0.25, 0.3) is 0 Å². The maximum absolute atomic E-state index is 10.0. The van der Waals surface area contributed by atoms with Crippen molar-refractivity contribution in [1.82, 2.24) is 9.97 Å². The van der Waals surface area contributed by atoms with Crippen LogP contribution in [0.15, 0.2) is 18.5 Å². The first-order chi connectivity index (χ1) is 3.39. The molecular weight excluding hydrogens is 131 g/mol. The van der Waals surface area contributed by atoms with Crippen molar-refractivity contribution in [1.29, 1.82) is 0 Å². The summed E-state index contributed by atoms with van der Waals surface area (Å²) >= 11 is 0. The molecule has 1 aromatic heterocycles. The average molecular weight is 134 g/mol. The second kappa shape index (κ2) is 4.40. The van der Waals surface area contributed by atoms with Crippen LogP contribution in [-0.4, -0.2) is 9.97 Å². The summed E-state index contributed by atoms with van der Waals surface area (Å²) in [5.74, 6) is 0. The molecule has 0 saturated carbocycles. The SMILES string of the molecule is [K+].[O-]c1ncccn1. The Balaban J connectivity index is 0.000000490. The number of hydrogen-bond donors (Lipinski definition) is 0. The predicted octanol–water partition coefficient (Wildman–Crippen LogP) is -3.45. The molecule has 1 aromatic rings. The van der Waals surface area contributed by atoms with E-state index in [4.69, 9.17) is 0 Å². The van der Waals surface area contributed by atoms with Crippen molar-refractivity contribution in [3.8, 4) is 6.01 Å². The molecule has 36 valence electrons. The third-order valence-electron chi connectivity index (χ3n) is 0.542. The largest absolute Gasteiger partial charge is 1.00 e. The minimum absolute atomic E-state index is 0. The molecule has 0 spiro atoms. The van der Waals surface area contributed by atoms with Crippen molar-refractivity contribution < 1.29 is 56.5 Å². The summed E-state index contributed by atoms with van der Waals surface area (Å²) < 4.78 is 0. The fourth-order valence-corrected chi connectivity index (χ4v) is 0.285. The number of nitrogens with zero attached hydrogens (tertiary/aromatic N) is 2. The van der Waals surface area contributed by atoms with Crippen LogP contribution >= 0.6 is 0 Å². The molecule has 0 bridgehead atoms. The van der Waals surface area contributed by atoms with E-state index in [1.165, 1.54) is 12.4 Å². The van der Waals surface area contributed by atoms with Gasteiger partial charge in [-0.2, -0.15) is 0 Å². The second-order valence-electron chi connectivity index (χ2n) is 1.03. The van der Waals surface area contributed by atoms with Gasteiger partial charge in [0.1, 0.15) is 0 Å². The van der Waals surface area contributed by atoms with Crippen molar-refractivity contribution in [2.75, 3.05) is 0 Å². The number of rotatable bonds is 0. The molecule has 0 aliphatic carbocycles. The van der Waals surface area contributed by atoms with E-state index in [2.05, 4.69) is 9.97 Å². The summed E-state index contributed by atoms with van der Waals surface area (Å²) in [5, 5.41) is 10.0. The molecule has 0 amide bonds. The Labute approximate surface area is 89.6 Å². The minimum Gasteiger partial charge on any atom is -0.844 e. The van der Waals surface area contributed by atoms with E-state index >= 15 is 0 Å². The molecule has 0 aliphatic heterocycles. The molecule has 0 aromatic carbocycles. The monoisotopic (exact) mass is 134 g/mol. The predicted molar refractivity (Wildman–Crippen MR) is 21.5 cm³/mol. The first-order valence-corrected chi connectivity index (χ1v) is 1.83. The molecule has 0 saturated heterocycles. The van der Waals surface area contributed by atoms with Crippen LogP contribution in [0.5, 0.6) is 6.01 Å². The minimum atomic E-state index is -0.428. The molecule has 0 N–H and O–H groups in total. The Kier molecular flexibility index (Phi) is 4.68. The summed E-state index contributed by atoms with van der Waals surface area (Å²) in [6.07, 6.45) is 2.82. The molecule has 0 radical (unpaired) electrons. The molecule has 1 rings (SSSR count). The molecule has 4 heteroatoms. The van der Waals surface area contributed by atoms with Gasteiger partial charge in [-0.25, -0.2) is 0 Å². The molecule has 0 aliphatic rings. The summed E-state index contributed by atoms with van der Waals surface area (Å²) in [7, 11) is 0. The average Bonchev–Trinajstić information content (AvgIpc) is 1.69. The van der Waals surface area contributed by atoms with Crippen molar-refractivity contribution in [3.05, 3.63) is 18.5 Å². The van der Waals surface area contributed by atoms with Gasteiger partial charge < -0.3 is 5.11 Å². The van der Waals surface area contributed by atoms with Crippen molar-refractivity contribution in [2.24, 2.45) is 0 Å². The van der Waals surface area contributed by atoms with Gasteiger partial charge in [0.2, 0.25) is 0 Å². The van der Waals surface area contributed by atoms with E-state index in [1.807, 2.05) is 0 Å². The Morgan fingerprint density at radius 3 is 2.00 bits per heavy atom. The topological polar surface area (TPSA) is 48.8 Å². The fraction of sp³-hybridized carbons (Fsp3) is 0. The van der Waals surface area contributed by atoms with Gasteiger partial charge in [0, 0.05) is 12.4 Å². The van der Waals surface area contributed by atoms with Gasteiger partial charge in [-0.05, 0) is 6.07 Å². The quantitative estimate of drug-likeness (QED) is 0.347. The van der Waals surface area contributed by atoms with Crippen LogP contribution in [0.2, 0.25) is 0 Å². The summed E-state index contributed by atoms with van der Waals surface area (Å²) in [4.78, 5) is 6.62. The molecule has 3 nitrogen and oxygen atoms in total. The number of hydrogen-bond acceptors (Lipinski definition) is 3. The van der Waals surface area contributed by atoms with E-state index in [0.29, 0.717) is 0 Å². The fourth-order valence-electron chi connectivity index (χ4n) is 0.285. The van der Waals surface area contributed by atoms with E-state index in [0.717, 1.165) is 0 Å². The van der Waals surface area contributed by atoms with Crippen LogP contribution in [0, 0.1) is 0 Å².